The van der Waals surface area contributed by atoms with Gasteiger partial charge < -0.3 is 19.3 Å². The molecule has 2 aromatic heterocycles. The van der Waals surface area contributed by atoms with E-state index in [1.54, 1.807) is 23.5 Å². The molecule has 1 aromatic carbocycles. The van der Waals surface area contributed by atoms with Gasteiger partial charge in [0.2, 0.25) is 5.91 Å². The molecule has 2 fully saturated rings. The van der Waals surface area contributed by atoms with E-state index in [2.05, 4.69) is 43.2 Å². The molecule has 4 heterocycles. The molecule has 0 aliphatic carbocycles. The molecular formula is C25H32FN7OS. The van der Waals surface area contributed by atoms with Gasteiger partial charge >= 0.3 is 0 Å². The highest BCUT2D eigenvalue weighted by molar-refractivity contribution is 7.15. The van der Waals surface area contributed by atoms with E-state index < -0.39 is 0 Å². The fourth-order valence-corrected chi connectivity index (χ4v) is 5.67. The fourth-order valence-electron chi connectivity index (χ4n) is 4.70. The van der Waals surface area contributed by atoms with Gasteiger partial charge in [0.15, 0.2) is 5.13 Å². The first-order valence-electron chi connectivity index (χ1n) is 12.1. The Balaban J connectivity index is 1.16. The van der Waals surface area contributed by atoms with Gasteiger partial charge in [0.25, 0.3) is 0 Å². The third-order valence-corrected chi connectivity index (χ3v) is 8.00. The summed E-state index contributed by atoms with van der Waals surface area (Å²) in [6.45, 7) is 9.35. The van der Waals surface area contributed by atoms with Gasteiger partial charge in [-0.25, -0.2) is 14.4 Å². The van der Waals surface area contributed by atoms with Crippen molar-refractivity contribution in [2.75, 3.05) is 57.8 Å². The van der Waals surface area contributed by atoms with Crippen LogP contribution in [0.1, 0.15) is 29.1 Å². The quantitative estimate of drug-likeness (QED) is 0.500. The molecule has 186 valence electrons. The van der Waals surface area contributed by atoms with Crippen molar-refractivity contribution in [2.45, 2.75) is 26.1 Å². The molecular weight excluding hydrogens is 465 g/mol. The first-order valence-corrected chi connectivity index (χ1v) is 12.9. The van der Waals surface area contributed by atoms with Crippen LogP contribution in [0.25, 0.3) is 0 Å². The summed E-state index contributed by atoms with van der Waals surface area (Å²) in [5.74, 6) is -0.0967. The Morgan fingerprint density at radius 1 is 1.03 bits per heavy atom. The topological polar surface area (TPSA) is 60.7 Å². The van der Waals surface area contributed by atoms with Crippen LogP contribution in [-0.4, -0.2) is 88.0 Å². The second-order valence-corrected chi connectivity index (χ2v) is 10.5. The van der Waals surface area contributed by atoms with Crippen molar-refractivity contribution >= 4 is 22.4 Å². The maximum absolute atomic E-state index is 13.3. The maximum atomic E-state index is 13.3. The lowest BCUT2D eigenvalue weighted by Gasteiger charge is -2.34. The summed E-state index contributed by atoms with van der Waals surface area (Å²) in [5, 5.41) is 1.06. The Hall–Kier alpha value is -2.82. The van der Waals surface area contributed by atoms with Crippen molar-refractivity contribution in [3.8, 4) is 0 Å². The zero-order chi connectivity index (χ0) is 24.4. The largest absolute Gasteiger partial charge is 0.346 e. The van der Waals surface area contributed by atoms with Gasteiger partial charge in [-0.1, -0.05) is 12.1 Å². The van der Waals surface area contributed by atoms with Gasteiger partial charge in [-0.05, 0) is 31.7 Å². The van der Waals surface area contributed by atoms with Crippen molar-refractivity contribution < 1.29 is 9.18 Å². The van der Waals surface area contributed by atoms with Crippen molar-refractivity contribution in [1.82, 2.24) is 29.2 Å². The predicted octanol–water partition coefficient (Wildman–Crippen LogP) is 2.68. The van der Waals surface area contributed by atoms with Crippen LogP contribution < -0.4 is 4.90 Å². The van der Waals surface area contributed by atoms with Crippen molar-refractivity contribution in [3.63, 3.8) is 0 Å². The minimum atomic E-state index is -0.239. The number of aromatic nitrogens is 3. The molecule has 1 unspecified atom stereocenters. The summed E-state index contributed by atoms with van der Waals surface area (Å²) in [6.07, 6.45) is 5.59. The van der Waals surface area contributed by atoms with Crippen molar-refractivity contribution in [2.24, 2.45) is 0 Å². The van der Waals surface area contributed by atoms with E-state index in [1.807, 2.05) is 23.6 Å². The zero-order valence-electron chi connectivity index (χ0n) is 20.3. The number of likely N-dealkylation sites (N-methyl/N-ethyl adjacent to an activating group) is 1. The molecule has 10 heteroatoms. The first-order chi connectivity index (χ1) is 17.0. The summed E-state index contributed by atoms with van der Waals surface area (Å²) in [6, 6.07) is 6.61. The lowest BCUT2D eigenvalue weighted by molar-refractivity contribution is -0.136. The molecule has 2 aliphatic rings. The summed E-state index contributed by atoms with van der Waals surface area (Å²) in [4.78, 5) is 31.8. The number of carbonyl (C=O) groups excluding carboxylic acids is 1. The summed E-state index contributed by atoms with van der Waals surface area (Å²) in [5.41, 5.74) is 2.06. The zero-order valence-corrected chi connectivity index (χ0v) is 21.1. The fraction of sp³-hybridized carbons (Fsp3) is 0.480. The van der Waals surface area contributed by atoms with Gasteiger partial charge in [0.05, 0.1) is 31.2 Å². The second kappa shape index (κ2) is 10.4. The Kier molecular flexibility index (Phi) is 7.12. The lowest BCUT2D eigenvalue weighted by atomic mass is 10.1. The van der Waals surface area contributed by atoms with Gasteiger partial charge in [-0.3, -0.25) is 9.69 Å². The number of thiazole rings is 1. The molecule has 8 nitrogen and oxygen atoms in total. The average Bonchev–Trinajstić information content (AvgIpc) is 3.51. The Morgan fingerprint density at radius 3 is 2.54 bits per heavy atom. The molecule has 1 atom stereocenters. The monoisotopic (exact) mass is 497 g/mol. The molecule has 3 aromatic rings. The standard InChI is InChI=1S/C25H32FN7OS/c1-19(20-3-5-21(26)6-4-20)33-18-27-13-22(33)15-30-9-12-32(24(34)17-30)16-23-14-28-25(35-23)31-10-7-29(2)8-11-31/h3-6,13-14,18-19H,7-12,15-17H2,1-2H3. The smallest absolute Gasteiger partial charge is 0.237 e. The first kappa shape index (κ1) is 23.9. The molecule has 35 heavy (non-hydrogen) atoms. The van der Waals surface area contributed by atoms with Gasteiger partial charge in [0, 0.05) is 63.1 Å². The highest BCUT2D eigenvalue weighted by Crippen LogP contribution is 2.26. The number of benzene rings is 1. The number of rotatable bonds is 7. The highest BCUT2D eigenvalue weighted by atomic mass is 32.1. The number of hydrogen-bond acceptors (Lipinski definition) is 7. The van der Waals surface area contributed by atoms with Crippen LogP contribution in [0.2, 0.25) is 0 Å². The number of amides is 1. The average molecular weight is 498 g/mol. The Labute approximate surface area is 209 Å². The number of nitrogens with zero attached hydrogens (tertiary/aromatic N) is 7. The minimum Gasteiger partial charge on any atom is -0.346 e. The number of carbonyl (C=O) groups is 1. The summed E-state index contributed by atoms with van der Waals surface area (Å²) < 4.78 is 15.4. The van der Waals surface area contributed by atoms with Crippen LogP contribution in [-0.2, 0) is 17.9 Å². The van der Waals surface area contributed by atoms with Crippen LogP contribution in [0.15, 0.2) is 43.0 Å². The van der Waals surface area contributed by atoms with Crippen molar-refractivity contribution in [1.29, 1.82) is 0 Å². The molecule has 0 N–H and O–H groups in total. The molecule has 2 saturated heterocycles. The van der Waals surface area contributed by atoms with Crippen LogP contribution in [0.3, 0.4) is 0 Å². The number of halogens is 1. The molecule has 0 radical (unpaired) electrons. The number of anilines is 1. The number of piperazine rings is 2. The van der Waals surface area contributed by atoms with E-state index >= 15 is 0 Å². The number of hydrogen-bond donors (Lipinski definition) is 0. The normalized spacial score (nSPS) is 18.9. The second-order valence-electron chi connectivity index (χ2n) is 9.45. The van der Waals surface area contributed by atoms with Gasteiger partial charge in [-0.15, -0.1) is 11.3 Å². The van der Waals surface area contributed by atoms with Gasteiger partial charge in [-0.2, -0.15) is 0 Å². The van der Waals surface area contributed by atoms with E-state index in [0.717, 1.165) is 54.0 Å². The molecule has 0 spiro atoms. The summed E-state index contributed by atoms with van der Waals surface area (Å²) in [7, 11) is 2.15. The van der Waals surface area contributed by atoms with Crippen LogP contribution in [0, 0.1) is 5.82 Å². The molecule has 0 saturated carbocycles. The third-order valence-electron chi connectivity index (χ3n) is 6.96. The third kappa shape index (κ3) is 5.55. The van der Waals surface area contributed by atoms with E-state index in [4.69, 9.17) is 0 Å². The molecule has 1 amide bonds. The Morgan fingerprint density at radius 2 is 1.80 bits per heavy atom. The van der Waals surface area contributed by atoms with E-state index in [-0.39, 0.29) is 17.8 Å². The predicted molar refractivity (Wildman–Crippen MR) is 135 cm³/mol. The summed E-state index contributed by atoms with van der Waals surface area (Å²) >= 11 is 1.70. The van der Waals surface area contributed by atoms with Crippen LogP contribution in [0.4, 0.5) is 9.52 Å². The SMILES string of the molecule is CC(c1ccc(F)cc1)n1cncc1CN1CCN(Cc2cnc(N3CCN(C)CC3)s2)C(=O)C1. The van der Waals surface area contributed by atoms with E-state index in [0.29, 0.717) is 26.2 Å². The Bertz CT molecular complexity index is 1140. The van der Waals surface area contributed by atoms with Crippen molar-refractivity contribution in [3.05, 3.63) is 64.9 Å². The molecule has 0 bridgehead atoms. The van der Waals surface area contributed by atoms with Gasteiger partial charge in [0.1, 0.15) is 5.82 Å². The molecule has 2 aliphatic heterocycles. The number of imidazole rings is 1. The van der Waals surface area contributed by atoms with Crippen LogP contribution in [0.5, 0.6) is 0 Å². The maximum Gasteiger partial charge on any atom is 0.237 e. The molecule has 5 rings (SSSR count). The highest BCUT2D eigenvalue weighted by Gasteiger charge is 2.26. The lowest BCUT2D eigenvalue weighted by Crippen LogP contribution is -2.49. The van der Waals surface area contributed by atoms with E-state index in [9.17, 15) is 9.18 Å². The minimum absolute atomic E-state index is 0.0333. The van der Waals surface area contributed by atoms with E-state index in [1.165, 1.54) is 12.1 Å². The van der Waals surface area contributed by atoms with Crippen LogP contribution >= 0.6 is 11.3 Å².